The molecule has 0 fully saturated rings. The van der Waals surface area contributed by atoms with Crippen LogP contribution in [-0.2, 0) is 11.3 Å². The maximum atomic E-state index is 11.5. The normalized spacial score (nSPS) is 10.0. The molecule has 0 unspecified atom stereocenters. The summed E-state index contributed by atoms with van der Waals surface area (Å²) >= 11 is 0. The molecule has 1 heterocycles. The molecule has 0 aliphatic carbocycles. The largest absolute Gasteiger partial charge is 0.377 e. The number of carbonyl (C=O) groups excluding carboxylic acids is 1. The van der Waals surface area contributed by atoms with Gasteiger partial charge in [0.1, 0.15) is 6.61 Å². The molecule has 0 aliphatic rings. The predicted octanol–water partition coefficient (Wildman–Crippen LogP) is 1.13. The van der Waals surface area contributed by atoms with E-state index in [9.17, 15) is 4.79 Å². The second-order valence-electron chi connectivity index (χ2n) is 3.25. The third-order valence-electron chi connectivity index (χ3n) is 1.63. The summed E-state index contributed by atoms with van der Waals surface area (Å²) in [4.78, 5) is 11.5. The van der Waals surface area contributed by atoms with Crippen LogP contribution in [0.5, 0.6) is 0 Å². The highest BCUT2D eigenvalue weighted by atomic mass is 16.5. The van der Waals surface area contributed by atoms with E-state index >= 15 is 0 Å². The van der Waals surface area contributed by atoms with Crippen LogP contribution in [-0.4, -0.2) is 24.7 Å². The van der Waals surface area contributed by atoms with Gasteiger partial charge in [-0.3, -0.25) is 4.79 Å². The number of amides is 1. The molecular weight excluding hydrogens is 196 g/mol. The molecule has 0 aliphatic heterocycles. The summed E-state index contributed by atoms with van der Waals surface area (Å²) in [5.74, 6) is 0.252. The lowest BCUT2D eigenvalue weighted by Gasteiger charge is -2.00. The molecule has 0 bridgehead atoms. The van der Waals surface area contributed by atoms with Gasteiger partial charge in [-0.25, -0.2) is 0 Å². The SMILES string of the molecule is C=C(C)CNC(=O)c1cc(COC)on1. The zero-order valence-electron chi connectivity index (χ0n) is 8.87. The van der Waals surface area contributed by atoms with E-state index in [1.807, 2.05) is 6.92 Å². The number of nitrogens with zero attached hydrogens (tertiary/aromatic N) is 1. The van der Waals surface area contributed by atoms with Gasteiger partial charge in [-0.15, -0.1) is 0 Å². The smallest absolute Gasteiger partial charge is 0.273 e. The highest BCUT2D eigenvalue weighted by Crippen LogP contribution is 2.04. The lowest BCUT2D eigenvalue weighted by molar-refractivity contribution is 0.0947. The van der Waals surface area contributed by atoms with Crippen molar-refractivity contribution in [3.63, 3.8) is 0 Å². The summed E-state index contributed by atoms with van der Waals surface area (Å²) in [7, 11) is 1.54. The maximum Gasteiger partial charge on any atom is 0.273 e. The van der Waals surface area contributed by atoms with Crippen LogP contribution in [0.4, 0.5) is 0 Å². The van der Waals surface area contributed by atoms with Crippen molar-refractivity contribution in [1.82, 2.24) is 10.5 Å². The summed E-state index contributed by atoms with van der Waals surface area (Å²) in [6.07, 6.45) is 0. The van der Waals surface area contributed by atoms with E-state index in [0.29, 0.717) is 18.9 Å². The van der Waals surface area contributed by atoms with Gasteiger partial charge < -0.3 is 14.6 Å². The third-order valence-corrected chi connectivity index (χ3v) is 1.63. The van der Waals surface area contributed by atoms with Crippen LogP contribution in [0.1, 0.15) is 23.2 Å². The number of hydrogen-bond donors (Lipinski definition) is 1. The minimum absolute atomic E-state index is 0.253. The average Bonchev–Trinajstić information content (AvgIpc) is 2.63. The Hall–Kier alpha value is -1.62. The summed E-state index contributed by atoms with van der Waals surface area (Å²) in [5.41, 5.74) is 1.13. The monoisotopic (exact) mass is 210 g/mol. The highest BCUT2D eigenvalue weighted by molar-refractivity contribution is 5.92. The molecule has 5 nitrogen and oxygen atoms in total. The van der Waals surface area contributed by atoms with Crippen molar-refractivity contribution in [2.75, 3.05) is 13.7 Å². The van der Waals surface area contributed by atoms with Crippen molar-refractivity contribution >= 4 is 5.91 Å². The second-order valence-corrected chi connectivity index (χ2v) is 3.25. The lowest BCUT2D eigenvalue weighted by atomic mass is 10.3. The van der Waals surface area contributed by atoms with Gasteiger partial charge in [0.2, 0.25) is 0 Å². The Labute approximate surface area is 88.1 Å². The van der Waals surface area contributed by atoms with Crippen molar-refractivity contribution in [3.8, 4) is 0 Å². The Morgan fingerprint density at radius 3 is 3.07 bits per heavy atom. The lowest BCUT2D eigenvalue weighted by Crippen LogP contribution is -2.25. The van der Waals surface area contributed by atoms with Crippen molar-refractivity contribution < 1.29 is 14.1 Å². The molecule has 1 rings (SSSR count). The van der Waals surface area contributed by atoms with Gasteiger partial charge in [0.15, 0.2) is 11.5 Å². The van der Waals surface area contributed by atoms with Crippen LogP contribution < -0.4 is 5.32 Å². The molecule has 1 aromatic heterocycles. The quantitative estimate of drug-likeness (QED) is 0.740. The average molecular weight is 210 g/mol. The van der Waals surface area contributed by atoms with Gasteiger partial charge in [0.05, 0.1) is 0 Å². The van der Waals surface area contributed by atoms with Gasteiger partial charge >= 0.3 is 0 Å². The fourth-order valence-electron chi connectivity index (χ4n) is 0.952. The Bertz CT molecular complexity index is 357. The van der Waals surface area contributed by atoms with E-state index < -0.39 is 0 Å². The fraction of sp³-hybridized carbons (Fsp3) is 0.400. The summed E-state index contributed by atoms with van der Waals surface area (Å²) in [6, 6.07) is 1.55. The van der Waals surface area contributed by atoms with E-state index in [1.54, 1.807) is 13.2 Å². The molecule has 1 amide bonds. The third kappa shape index (κ3) is 3.55. The predicted molar refractivity (Wildman–Crippen MR) is 54.4 cm³/mol. The summed E-state index contributed by atoms with van der Waals surface area (Å²) in [5, 5.41) is 6.27. The maximum absolute atomic E-state index is 11.5. The van der Waals surface area contributed by atoms with E-state index in [0.717, 1.165) is 5.57 Å². The molecule has 0 saturated carbocycles. The molecular formula is C10H14N2O3. The number of hydrogen-bond acceptors (Lipinski definition) is 4. The van der Waals surface area contributed by atoms with Crippen molar-refractivity contribution in [2.24, 2.45) is 0 Å². The first kappa shape index (κ1) is 11.5. The molecule has 0 atom stereocenters. The minimum Gasteiger partial charge on any atom is -0.377 e. The summed E-state index contributed by atoms with van der Waals surface area (Å²) in [6.45, 7) is 6.25. The second kappa shape index (κ2) is 5.31. The van der Waals surface area contributed by atoms with Gasteiger partial charge in [-0.05, 0) is 6.92 Å². The molecule has 0 saturated heterocycles. The van der Waals surface area contributed by atoms with Gasteiger partial charge in [-0.2, -0.15) is 0 Å². The molecule has 5 heteroatoms. The van der Waals surface area contributed by atoms with E-state index in [2.05, 4.69) is 17.1 Å². The molecule has 1 aromatic rings. The van der Waals surface area contributed by atoms with Gasteiger partial charge in [0.25, 0.3) is 5.91 Å². The molecule has 15 heavy (non-hydrogen) atoms. The summed E-state index contributed by atoms with van der Waals surface area (Å²) < 4.78 is 9.71. The number of ether oxygens (including phenoxy) is 1. The topological polar surface area (TPSA) is 64.4 Å². The Balaban J connectivity index is 2.54. The number of aromatic nitrogens is 1. The van der Waals surface area contributed by atoms with Crippen molar-refractivity contribution in [3.05, 3.63) is 29.7 Å². The van der Waals surface area contributed by atoms with Gasteiger partial charge in [-0.1, -0.05) is 17.3 Å². The molecule has 0 spiro atoms. The molecule has 82 valence electrons. The van der Waals surface area contributed by atoms with Crippen LogP contribution in [0.2, 0.25) is 0 Å². The van der Waals surface area contributed by atoms with Crippen molar-refractivity contribution in [2.45, 2.75) is 13.5 Å². The van der Waals surface area contributed by atoms with E-state index in [4.69, 9.17) is 9.26 Å². The number of methoxy groups -OCH3 is 1. The number of carbonyl (C=O) groups is 1. The fourth-order valence-corrected chi connectivity index (χ4v) is 0.952. The van der Waals surface area contributed by atoms with Crippen LogP contribution >= 0.6 is 0 Å². The number of rotatable bonds is 5. The molecule has 1 N–H and O–H groups in total. The highest BCUT2D eigenvalue weighted by Gasteiger charge is 2.11. The first-order chi connectivity index (χ1) is 7.13. The first-order valence-corrected chi connectivity index (χ1v) is 4.50. The van der Waals surface area contributed by atoms with Crippen molar-refractivity contribution in [1.29, 1.82) is 0 Å². The number of nitrogens with one attached hydrogen (secondary N) is 1. The zero-order valence-corrected chi connectivity index (χ0v) is 8.87. The Morgan fingerprint density at radius 2 is 2.47 bits per heavy atom. The van der Waals surface area contributed by atoms with Crippen LogP contribution in [0.25, 0.3) is 0 Å². The van der Waals surface area contributed by atoms with Crippen LogP contribution in [0, 0.1) is 0 Å². The molecule has 0 aromatic carbocycles. The zero-order chi connectivity index (χ0) is 11.3. The van der Waals surface area contributed by atoms with Gasteiger partial charge in [0, 0.05) is 19.7 Å². The van der Waals surface area contributed by atoms with Crippen LogP contribution in [0.15, 0.2) is 22.7 Å². The Morgan fingerprint density at radius 1 is 1.73 bits per heavy atom. The first-order valence-electron chi connectivity index (χ1n) is 4.50. The van der Waals surface area contributed by atoms with Crippen LogP contribution in [0.3, 0.4) is 0 Å². The van der Waals surface area contributed by atoms with E-state index in [1.165, 1.54) is 0 Å². The van der Waals surface area contributed by atoms with E-state index in [-0.39, 0.29) is 11.6 Å². The Kier molecular flexibility index (Phi) is 4.05. The molecule has 0 radical (unpaired) electrons. The minimum atomic E-state index is -0.274. The standard InChI is InChI=1S/C10H14N2O3/c1-7(2)5-11-10(13)9-4-8(6-14-3)15-12-9/h4H,1,5-6H2,2-3H3,(H,11,13).